The minimum Gasteiger partial charge on any atom is -0.477 e. The van der Waals surface area contributed by atoms with Crippen LogP contribution in [-0.4, -0.2) is 25.0 Å². The first kappa shape index (κ1) is 13.9. The number of carboxylic acid groups (broad SMARTS) is 1. The molecule has 0 atom stereocenters. The summed E-state index contributed by atoms with van der Waals surface area (Å²) in [5.74, 6) is -1.08. The van der Waals surface area contributed by atoms with Crippen LogP contribution in [0.2, 0.25) is 0 Å². The average Bonchev–Trinajstić information content (AvgIpc) is 2.46. The highest BCUT2D eigenvalue weighted by molar-refractivity contribution is 7.91. The summed E-state index contributed by atoms with van der Waals surface area (Å²) in [4.78, 5) is 10.7. The number of thiophene rings is 1. The van der Waals surface area contributed by atoms with E-state index in [1.54, 1.807) is 20.8 Å². The maximum absolute atomic E-state index is 11.6. The molecule has 1 rings (SSSR count). The molecule has 1 heterocycles. The molecule has 0 aromatic carbocycles. The second-order valence-electron chi connectivity index (χ2n) is 4.43. The van der Waals surface area contributed by atoms with Gasteiger partial charge in [0.15, 0.2) is 0 Å². The Kier molecular flexibility index (Phi) is 3.80. The van der Waals surface area contributed by atoms with Crippen LogP contribution in [0.25, 0.3) is 0 Å². The number of hydrogen-bond acceptors (Lipinski definition) is 4. The van der Waals surface area contributed by atoms with E-state index >= 15 is 0 Å². The van der Waals surface area contributed by atoms with Crippen molar-refractivity contribution < 1.29 is 18.3 Å². The Bertz CT molecular complexity index is 513. The third-order valence-corrected chi connectivity index (χ3v) is 3.98. The zero-order valence-corrected chi connectivity index (χ0v) is 11.3. The number of carbonyl (C=O) groups is 1. The summed E-state index contributed by atoms with van der Waals surface area (Å²) in [5.41, 5.74) is -0.598. The van der Waals surface area contributed by atoms with E-state index in [1.165, 1.54) is 12.1 Å². The van der Waals surface area contributed by atoms with Gasteiger partial charge >= 0.3 is 5.97 Å². The van der Waals surface area contributed by atoms with Gasteiger partial charge in [0, 0.05) is 5.54 Å². The van der Waals surface area contributed by atoms with Crippen molar-refractivity contribution in [3.63, 3.8) is 0 Å². The molecule has 0 saturated carbocycles. The highest BCUT2D eigenvalue weighted by atomic mass is 32.2. The Hall–Kier alpha value is -1.12. The van der Waals surface area contributed by atoms with Gasteiger partial charge in [-0.2, -0.15) is 13.1 Å². The molecule has 6 nitrogen and oxygen atoms in total. The summed E-state index contributed by atoms with van der Waals surface area (Å²) in [5, 5.41) is 8.96. The van der Waals surface area contributed by atoms with Crippen molar-refractivity contribution >= 4 is 32.5 Å². The molecule has 1 aromatic heterocycles. The van der Waals surface area contributed by atoms with Crippen molar-refractivity contribution in [3.05, 3.63) is 17.0 Å². The largest absolute Gasteiger partial charge is 0.477 e. The van der Waals surface area contributed by atoms with E-state index < -0.39 is 21.7 Å². The summed E-state index contributed by atoms with van der Waals surface area (Å²) in [6, 6.07) is 2.76. The van der Waals surface area contributed by atoms with Gasteiger partial charge in [-0.1, -0.05) is 0 Å². The van der Waals surface area contributed by atoms with Crippen molar-refractivity contribution in [3.8, 4) is 0 Å². The van der Waals surface area contributed by atoms with Crippen molar-refractivity contribution in [2.75, 3.05) is 4.72 Å². The van der Waals surface area contributed by atoms with Gasteiger partial charge in [-0.25, -0.2) is 4.79 Å². The molecule has 1 aromatic rings. The minimum atomic E-state index is -3.69. The third-order valence-electron chi connectivity index (χ3n) is 1.49. The van der Waals surface area contributed by atoms with Gasteiger partial charge in [0.05, 0.1) is 0 Å². The first-order chi connectivity index (χ1) is 7.59. The van der Waals surface area contributed by atoms with Crippen molar-refractivity contribution in [2.24, 2.45) is 0 Å². The molecule has 0 aliphatic carbocycles. The lowest BCUT2D eigenvalue weighted by Crippen LogP contribution is -2.43. The maximum atomic E-state index is 11.6. The smallest absolute Gasteiger partial charge is 0.345 e. The van der Waals surface area contributed by atoms with Crippen LogP contribution < -0.4 is 9.44 Å². The van der Waals surface area contributed by atoms with E-state index in [1.807, 2.05) is 0 Å². The lowest BCUT2D eigenvalue weighted by atomic mass is 10.1. The third kappa shape index (κ3) is 4.72. The predicted molar refractivity (Wildman–Crippen MR) is 66.7 cm³/mol. The quantitative estimate of drug-likeness (QED) is 0.777. The standard InChI is InChI=1S/C9H14N2O4S2/c1-9(2,3)11-17(14,15)10-7-5-4-6(16-7)8(12)13/h4-5,10-11H,1-3H3,(H,12,13). The Morgan fingerprint density at radius 1 is 1.35 bits per heavy atom. The maximum Gasteiger partial charge on any atom is 0.345 e. The molecular formula is C9H14N2O4S2. The molecule has 0 saturated heterocycles. The number of aromatic carboxylic acids is 1. The second-order valence-corrected chi connectivity index (χ2v) is 6.93. The fourth-order valence-electron chi connectivity index (χ4n) is 1.07. The molecule has 0 unspecified atom stereocenters. The zero-order chi connectivity index (χ0) is 13.3. The SMILES string of the molecule is CC(C)(C)NS(=O)(=O)Nc1ccc(C(=O)O)s1. The normalized spacial score (nSPS) is 12.4. The number of nitrogens with one attached hydrogen (secondary N) is 2. The number of hydrogen-bond donors (Lipinski definition) is 3. The Balaban J connectivity index is 2.80. The van der Waals surface area contributed by atoms with Crippen molar-refractivity contribution in [1.29, 1.82) is 0 Å². The van der Waals surface area contributed by atoms with Gasteiger partial charge in [-0.15, -0.1) is 11.3 Å². The Morgan fingerprint density at radius 3 is 2.35 bits per heavy atom. The monoisotopic (exact) mass is 278 g/mol. The molecule has 0 bridgehead atoms. The molecule has 0 radical (unpaired) electrons. The van der Waals surface area contributed by atoms with E-state index in [0.717, 1.165) is 11.3 Å². The number of carboxylic acids is 1. The first-order valence-electron chi connectivity index (χ1n) is 4.74. The molecule has 17 heavy (non-hydrogen) atoms. The lowest BCUT2D eigenvalue weighted by Gasteiger charge is -2.20. The highest BCUT2D eigenvalue weighted by Gasteiger charge is 2.20. The summed E-state index contributed by atoms with van der Waals surface area (Å²) >= 11 is 0.864. The molecule has 0 spiro atoms. The lowest BCUT2D eigenvalue weighted by molar-refractivity contribution is 0.0702. The second kappa shape index (κ2) is 4.63. The van der Waals surface area contributed by atoms with E-state index in [0.29, 0.717) is 0 Å². The van der Waals surface area contributed by atoms with Crippen LogP contribution in [0.15, 0.2) is 12.1 Å². The Labute approximate surface area is 104 Å². The fourth-order valence-corrected chi connectivity index (χ4v) is 3.35. The van der Waals surface area contributed by atoms with Gasteiger partial charge in [0.25, 0.3) is 10.2 Å². The summed E-state index contributed by atoms with van der Waals surface area (Å²) in [7, 11) is -3.69. The van der Waals surface area contributed by atoms with Gasteiger partial charge in [0.2, 0.25) is 0 Å². The van der Waals surface area contributed by atoms with Gasteiger partial charge < -0.3 is 5.11 Å². The summed E-state index contributed by atoms with van der Waals surface area (Å²) < 4.78 is 27.9. The zero-order valence-electron chi connectivity index (χ0n) is 9.64. The molecule has 3 N–H and O–H groups in total. The molecule has 0 amide bonds. The minimum absolute atomic E-state index is 0.0819. The van der Waals surface area contributed by atoms with E-state index in [-0.39, 0.29) is 9.88 Å². The van der Waals surface area contributed by atoms with Crippen molar-refractivity contribution in [2.45, 2.75) is 26.3 Å². The van der Waals surface area contributed by atoms with Crippen LogP contribution in [0.4, 0.5) is 5.00 Å². The molecule has 8 heteroatoms. The molecule has 0 fully saturated rings. The van der Waals surface area contributed by atoms with Gasteiger partial charge in [0.1, 0.15) is 9.88 Å². The topological polar surface area (TPSA) is 95.5 Å². The number of rotatable bonds is 4. The number of anilines is 1. The first-order valence-corrected chi connectivity index (χ1v) is 7.04. The Morgan fingerprint density at radius 2 is 1.94 bits per heavy atom. The van der Waals surface area contributed by atoms with Gasteiger partial charge in [-0.3, -0.25) is 4.72 Å². The van der Waals surface area contributed by atoms with Crippen LogP contribution in [0.3, 0.4) is 0 Å². The predicted octanol–water partition coefficient (Wildman–Crippen LogP) is 1.49. The summed E-state index contributed by atoms with van der Waals surface area (Å²) in [6.07, 6.45) is 0. The van der Waals surface area contributed by atoms with E-state index in [4.69, 9.17) is 5.11 Å². The van der Waals surface area contributed by atoms with Crippen molar-refractivity contribution in [1.82, 2.24) is 4.72 Å². The molecule has 0 aliphatic rings. The fraction of sp³-hybridized carbons (Fsp3) is 0.444. The van der Waals surface area contributed by atoms with Crippen LogP contribution in [0, 0.1) is 0 Å². The van der Waals surface area contributed by atoms with Crippen LogP contribution >= 0.6 is 11.3 Å². The van der Waals surface area contributed by atoms with Gasteiger partial charge in [-0.05, 0) is 32.9 Å². The van der Waals surface area contributed by atoms with E-state index in [2.05, 4.69) is 9.44 Å². The van der Waals surface area contributed by atoms with Crippen LogP contribution in [0.1, 0.15) is 30.4 Å². The van der Waals surface area contributed by atoms with E-state index in [9.17, 15) is 13.2 Å². The highest BCUT2D eigenvalue weighted by Crippen LogP contribution is 2.22. The molecule has 0 aliphatic heterocycles. The summed E-state index contributed by atoms with van der Waals surface area (Å²) in [6.45, 7) is 5.13. The molecular weight excluding hydrogens is 264 g/mol. The molecule has 96 valence electrons. The van der Waals surface area contributed by atoms with Crippen LogP contribution in [0.5, 0.6) is 0 Å². The van der Waals surface area contributed by atoms with Crippen LogP contribution in [-0.2, 0) is 10.2 Å². The average molecular weight is 278 g/mol.